The Balaban J connectivity index is 3.29. The fraction of sp³-hybridized carbons (Fsp3) is 1.00. The minimum Gasteiger partial charge on any atom is -0.396 e. The van der Waals surface area contributed by atoms with E-state index < -0.39 is 0 Å². The number of hydrogen-bond donors (Lipinski definition) is 1. The van der Waals surface area contributed by atoms with Crippen molar-refractivity contribution in [3.63, 3.8) is 0 Å². The molecule has 0 aliphatic rings. The molecule has 2 heteroatoms. The predicted octanol–water partition coefficient (Wildman–Crippen LogP) is 2.13. The van der Waals surface area contributed by atoms with Crippen molar-refractivity contribution in [3.05, 3.63) is 0 Å². The first-order valence-electron chi connectivity index (χ1n) is 5.50. The van der Waals surface area contributed by atoms with Crippen molar-refractivity contribution in [1.82, 2.24) is 4.90 Å². The first-order chi connectivity index (χ1) is 6.20. The highest BCUT2D eigenvalue weighted by molar-refractivity contribution is 4.57. The quantitative estimate of drug-likeness (QED) is 0.629. The molecule has 0 saturated heterocycles. The molecule has 13 heavy (non-hydrogen) atoms. The van der Waals surface area contributed by atoms with Crippen LogP contribution in [0.1, 0.15) is 39.5 Å². The summed E-state index contributed by atoms with van der Waals surface area (Å²) in [6.45, 7) is 7.23. The number of nitrogens with zero attached hydrogens (tertiary/aromatic N) is 1. The monoisotopic (exact) mass is 187 g/mol. The Labute approximate surface area is 82.9 Å². The highest BCUT2D eigenvalue weighted by atomic mass is 16.2. The third-order valence-corrected chi connectivity index (χ3v) is 2.46. The van der Waals surface area contributed by atoms with Crippen LogP contribution in [-0.4, -0.2) is 36.8 Å². The van der Waals surface area contributed by atoms with Crippen LogP contribution in [0.3, 0.4) is 0 Å². The molecule has 0 amide bonds. The number of hydrogen-bond acceptors (Lipinski definition) is 2. The standard InChI is InChI=1S/C11H25NO/c1-4-8-12(3)9-7-11(2)6-5-10-13/h11,13H,4-10H2,1-3H3. The zero-order valence-electron chi connectivity index (χ0n) is 9.42. The molecule has 0 aromatic carbocycles. The summed E-state index contributed by atoms with van der Waals surface area (Å²) in [6, 6.07) is 0. The van der Waals surface area contributed by atoms with E-state index in [1.165, 1.54) is 25.9 Å². The van der Waals surface area contributed by atoms with Gasteiger partial charge < -0.3 is 10.0 Å². The van der Waals surface area contributed by atoms with E-state index in [9.17, 15) is 0 Å². The van der Waals surface area contributed by atoms with Crippen LogP contribution in [0.5, 0.6) is 0 Å². The maximum absolute atomic E-state index is 8.67. The molecule has 0 heterocycles. The van der Waals surface area contributed by atoms with Gasteiger partial charge in [0.1, 0.15) is 0 Å². The van der Waals surface area contributed by atoms with Gasteiger partial charge in [-0.05, 0) is 51.7 Å². The van der Waals surface area contributed by atoms with Gasteiger partial charge in [0.05, 0.1) is 0 Å². The van der Waals surface area contributed by atoms with E-state index in [2.05, 4.69) is 25.8 Å². The Kier molecular flexibility index (Phi) is 8.46. The molecule has 0 aliphatic carbocycles. The third kappa shape index (κ3) is 8.26. The number of rotatable bonds is 8. The Morgan fingerprint density at radius 3 is 2.46 bits per heavy atom. The second kappa shape index (κ2) is 8.52. The van der Waals surface area contributed by atoms with Crippen LogP contribution in [0.4, 0.5) is 0 Å². The average molecular weight is 187 g/mol. The maximum atomic E-state index is 8.67. The van der Waals surface area contributed by atoms with Gasteiger partial charge in [-0.2, -0.15) is 0 Å². The largest absolute Gasteiger partial charge is 0.396 e. The van der Waals surface area contributed by atoms with Crippen molar-refractivity contribution in [2.24, 2.45) is 5.92 Å². The summed E-state index contributed by atoms with van der Waals surface area (Å²) < 4.78 is 0. The van der Waals surface area contributed by atoms with E-state index in [4.69, 9.17) is 5.11 Å². The van der Waals surface area contributed by atoms with Gasteiger partial charge in [0.15, 0.2) is 0 Å². The summed E-state index contributed by atoms with van der Waals surface area (Å²) in [5.41, 5.74) is 0. The first kappa shape index (κ1) is 12.9. The molecule has 0 aromatic heterocycles. The smallest absolute Gasteiger partial charge is 0.0431 e. The molecular formula is C11H25NO. The average Bonchev–Trinajstić information content (AvgIpc) is 2.12. The van der Waals surface area contributed by atoms with Crippen molar-refractivity contribution in [2.45, 2.75) is 39.5 Å². The molecule has 0 spiro atoms. The molecule has 0 rings (SSSR count). The maximum Gasteiger partial charge on any atom is 0.0431 e. The van der Waals surface area contributed by atoms with Crippen LogP contribution in [0.15, 0.2) is 0 Å². The normalized spacial score (nSPS) is 13.6. The zero-order valence-corrected chi connectivity index (χ0v) is 9.42. The number of aliphatic hydroxyl groups excluding tert-OH is 1. The zero-order chi connectivity index (χ0) is 10.1. The molecule has 0 saturated carbocycles. The third-order valence-electron chi connectivity index (χ3n) is 2.46. The summed E-state index contributed by atoms with van der Waals surface area (Å²) in [5, 5.41) is 8.67. The van der Waals surface area contributed by atoms with Crippen LogP contribution in [-0.2, 0) is 0 Å². The molecule has 2 nitrogen and oxygen atoms in total. The lowest BCUT2D eigenvalue weighted by Gasteiger charge is -2.18. The van der Waals surface area contributed by atoms with Crippen LogP contribution in [0.2, 0.25) is 0 Å². The SMILES string of the molecule is CCCN(C)CCC(C)CCCO. The predicted molar refractivity (Wildman–Crippen MR) is 57.9 cm³/mol. The minimum absolute atomic E-state index is 0.342. The molecule has 0 fully saturated rings. The highest BCUT2D eigenvalue weighted by Crippen LogP contribution is 2.10. The lowest BCUT2D eigenvalue weighted by Crippen LogP contribution is -2.22. The molecular weight excluding hydrogens is 162 g/mol. The molecule has 0 radical (unpaired) electrons. The van der Waals surface area contributed by atoms with E-state index >= 15 is 0 Å². The van der Waals surface area contributed by atoms with Gasteiger partial charge in [0.25, 0.3) is 0 Å². The number of aliphatic hydroxyl groups is 1. The highest BCUT2D eigenvalue weighted by Gasteiger charge is 2.03. The van der Waals surface area contributed by atoms with Crippen molar-refractivity contribution in [2.75, 3.05) is 26.7 Å². The molecule has 1 unspecified atom stereocenters. The van der Waals surface area contributed by atoms with Gasteiger partial charge in [-0.1, -0.05) is 13.8 Å². The Morgan fingerprint density at radius 1 is 1.23 bits per heavy atom. The Hall–Kier alpha value is -0.0800. The van der Waals surface area contributed by atoms with Gasteiger partial charge in [-0.3, -0.25) is 0 Å². The Morgan fingerprint density at radius 2 is 1.92 bits per heavy atom. The molecule has 0 bridgehead atoms. The van der Waals surface area contributed by atoms with Crippen LogP contribution < -0.4 is 0 Å². The van der Waals surface area contributed by atoms with E-state index in [1.807, 2.05) is 0 Å². The van der Waals surface area contributed by atoms with Gasteiger partial charge >= 0.3 is 0 Å². The fourth-order valence-electron chi connectivity index (χ4n) is 1.52. The van der Waals surface area contributed by atoms with Crippen molar-refractivity contribution < 1.29 is 5.11 Å². The van der Waals surface area contributed by atoms with Gasteiger partial charge in [0, 0.05) is 6.61 Å². The summed E-state index contributed by atoms with van der Waals surface area (Å²) >= 11 is 0. The van der Waals surface area contributed by atoms with Crippen molar-refractivity contribution in [1.29, 1.82) is 0 Å². The second-order valence-electron chi connectivity index (χ2n) is 4.06. The molecule has 1 N–H and O–H groups in total. The summed E-state index contributed by atoms with van der Waals surface area (Å²) in [5.74, 6) is 0.756. The van der Waals surface area contributed by atoms with Gasteiger partial charge in [-0.15, -0.1) is 0 Å². The first-order valence-corrected chi connectivity index (χ1v) is 5.50. The summed E-state index contributed by atoms with van der Waals surface area (Å²) in [4.78, 5) is 2.38. The minimum atomic E-state index is 0.342. The lowest BCUT2D eigenvalue weighted by molar-refractivity contribution is 0.259. The van der Waals surface area contributed by atoms with Gasteiger partial charge in [0.2, 0.25) is 0 Å². The molecule has 1 atom stereocenters. The van der Waals surface area contributed by atoms with E-state index in [-0.39, 0.29) is 0 Å². The molecule has 0 aromatic rings. The van der Waals surface area contributed by atoms with E-state index in [0.717, 1.165) is 18.8 Å². The van der Waals surface area contributed by atoms with Crippen LogP contribution in [0, 0.1) is 5.92 Å². The van der Waals surface area contributed by atoms with E-state index in [1.54, 1.807) is 0 Å². The summed E-state index contributed by atoms with van der Waals surface area (Å²) in [7, 11) is 2.18. The fourth-order valence-corrected chi connectivity index (χ4v) is 1.52. The summed E-state index contributed by atoms with van der Waals surface area (Å²) in [6.07, 6.45) is 4.62. The molecule has 80 valence electrons. The van der Waals surface area contributed by atoms with Crippen molar-refractivity contribution >= 4 is 0 Å². The van der Waals surface area contributed by atoms with Gasteiger partial charge in [-0.25, -0.2) is 0 Å². The lowest BCUT2D eigenvalue weighted by atomic mass is 10.0. The van der Waals surface area contributed by atoms with Crippen LogP contribution in [0.25, 0.3) is 0 Å². The second-order valence-corrected chi connectivity index (χ2v) is 4.06. The van der Waals surface area contributed by atoms with E-state index in [0.29, 0.717) is 6.61 Å². The Bertz CT molecular complexity index is 106. The molecule has 0 aliphatic heterocycles. The van der Waals surface area contributed by atoms with Crippen LogP contribution >= 0.6 is 0 Å². The van der Waals surface area contributed by atoms with Crippen molar-refractivity contribution in [3.8, 4) is 0 Å². The topological polar surface area (TPSA) is 23.5 Å².